The molecule has 2 aliphatic carbocycles. The molecule has 2 aliphatic rings. The van der Waals surface area contributed by atoms with Crippen molar-refractivity contribution >= 4 is 21.5 Å². The first-order valence-corrected chi connectivity index (χ1v) is 13.4. The van der Waals surface area contributed by atoms with Gasteiger partial charge >= 0.3 is 0 Å². The Labute approximate surface area is 236 Å². The van der Waals surface area contributed by atoms with Crippen molar-refractivity contribution in [3.63, 3.8) is 0 Å². The van der Waals surface area contributed by atoms with Crippen LogP contribution in [0.3, 0.4) is 0 Å². The van der Waals surface area contributed by atoms with Gasteiger partial charge in [0.15, 0.2) is 0 Å². The highest BCUT2D eigenvalue weighted by Crippen LogP contribution is 2.40. The molecule has 0 bridgehead atoms. The van der Waals surface area contributed by atoms with E-state index in [-0.39, 0.29) is 29.1 Å². The topological polar surface area (TPSA) is 79.2 Å². The number of allylic oxidation sites excluding steroid dienone is 6. The van der Waals surface area contributed by atoms with E-state index in [9.17, 15) is 15.3 Å². The molecule has 7 rings (SSSR count). The van der Waals surface area contributed by atoms with Gasteiger partial charge in [-0.1, -0.05) is 48.6 Å². The molecule has 0 radical (unpaired) electrons. The van der Waals surface area contributed by atoms with Crippen LogP contribution in [0.2, 0.25) is 0 Å². The summed E-state index contributed by atoms with van der Waals surface area (Å²) in [5.74, 6) is 3.57. The lowest BCUT2D eigenvalue weighted by Gasteiger charge is -2.23. The molecule has 0 spiro atoms. The number of aliphatic hydroxyl groups is 1. The number of rotatable bonds is 5. The fourth-order valence-corrected chi connectivity index (χ4v) is 5.49. The molecule has 0 saturated carbocycles. The summed E-state index contributed by atoms with van der Waals surface area (Å²) >= 11 is 0. The lowest BCUT2D eigenvalue weighted by atomic mass is 9.84. The standard InChI is InChI=1S/C36H26O5/c37-28-3-1-2-25(16-28)36-34-21-33(14-8-24(34)9-15-35(36)39)41-32-13-7-23-6-12-31(19-27(23)20-32)40-30-11-5-22-4-10-29(38)17-26(22)18-30/h1-22,26,37-39H. The highest BCUT2D eigenvalue weighted by Gasteiger charge is 2.21. The van der Waals surface area contributed by atoms with Crippen molar-refractivity contribution in [3.05, 3.63) is 139 Å². The molecule has 0 fully saturated rings. The molecule has 0 aromatic heterocycles. The summed E-state index contributed by atoms with van der Waals surface area (Å²) in [5.41, 5.74) is 1.35. The predicted octanol–water partition coefficient (Wildman–Crippen LogP) is 8.94. The van der Waals surface area contributed by atoms with Crippen LogP contribution in [0.1, 0.15) is 0 Å². The maximum Gasteiger partial charge on any atom is 0.128 e. The largest absolute Gasteiger partial charge is 0.508 e. The van der Waals surface area contributed by atoms with Gasteiger partial charge in [0.05, 0.1) is 0 Å². The van der Waals surface area contributed by atoms with Crippen LogP contribution < -0.4 is 9.47 Å². The molecule has 5 aromatic rings. The number of fused-ring (bicyclic) bond motifs is 3. The Morgan fingerprint density at radius 2 is 1.27 bits per heavy atom. The third-order valence-corrected chi connectivity index (χ3v) is 7.50. The van der Waals surface area contributed by atoms with Crippen molar-refractivity contribution in [2.24, 2.45) is 11.8 Å². The predicted molar refractivity (Wildman–Crippen MR) is 161 cm³/mol. The van der Waals surface area contributed by atoms with Gasteiger partial charge in [-0.25, -0.2) is 0 Å². The Kier molecular flexibility index (Phi) is 5.98. The van der Waals surface area contributed by atoms with E-state index >= 15 is 0 Å². The summed E-state index contributed by atoms with van der Waals surface area (Å²) in [5, 5.41) is 34.4. The second kappa shape index (κ2) is 9.96. The zero-order valence-corrected chi connectivity index (χ0v) is 21.9. The Bertz CT molecular complexity index is 1950. The van der Waals surface area contributed by atoms with E-state index in [1.807, 2.05) is 91.0 Å². The summed E-state index contributed by atoms with van der Waals surface area (Å²) in [7, 11) is 0. The van der Waals surface area contributed by atoms with Crippen LogP contribution in [0.4, 0.5) is 0 Å². The minimum atomic E-state index is 0.0671. The maximum absolute atomic E-state index is 10.7. The molecule has 0 aliphatic heterocycles. The summed E-state index contributed by atoms with van der Waals surface area (Å²) < 4.78 is 12.5. The number of aliphatic hydroxyl groups excluding tert-OH is 1. The number of phenols is 2. The van der Waals surface area contributed by atoms with E-state index in [0.29, 0.717) is 22.8 Å². The average Bonchev–Trinajstić information content (AvgIpc) is 2.96. The SMILES string of the molecule is OC1=CC2C=C(Oc3ccc4ccc(Oc5ccc6ccc(O)c(-c7cccc(O)c7)c6c5)cc4c3)C=CC2C=C1. The van der Waals surface area contributed by atoms with Crippen LogP contribution in [-0.4, -0.2) is 15.3 Å². The van der Waals surface area contributed by atoms with E-state index in [4.69, 9.17) is 9.47 Å². The normalized spacial score (nSPS) is 17.7. The Hall–Kier alpha value is -5.42. The molecule has 2 atom stereocenters. The number of hydrogen-bond donors (Lipinski definition) is 3. The Morgan fingerprint density at radius 3 is 2.07 bits per heavy atom. The molecule has 3 N–H and O–H groups in total. The van der Waals surface area contributed by atoms with Crippen molar-refractivity contribution in [1.29, 1.82) is 0 Å². The summed E-state index contributed by atoms with van der Waals surface area (Å²) in [6.07, 6.45) is 11.6. The van der Waals surface area contributed by atoms with E-state index in [1.165, 1.54) is 0 Å². The van der Waals surface area contributed by atoms with Crippen LogP contribution in [0.15, 0.2) is 139 Å². The number of ether oxygens (including phenoxy) is 2. The van der Waals surface area contributed by atoms with Gasteiger partial charge in [0.25, 0.3) is 0 Å². The van der Waals surface area contributed by atoms with Gasteiger partial charge in [0.2, 0.25) is 0 Å². The first-order valence-electron chi connectivity index (χ1n) is 13.4. The first kappa shape index (κ1) is 24.6. The number of benzene rings is 5. The second-order valence-electron chi connectivity index (χ2n) is 10.3. The average molecular weight is 539 g/mol. The zero-order valence-electron chi connectivity index (χ0n) is 21.9. The monoisotopic (exact) mass is 538 g/mol. The third kappa shape index (κ3) is 4.90. The third-order valence-electron chi connectivity index (χ3n) is 7.50. The van der Waals surface area contributed by atoms with Gasteiger partial charge in [0, 0.05) is 17.4 Å². The van der Waals surface area contributed by atoms with E-state index in [1.54, 1.807) is 30.3 Å². The smallest absolute Gasteiger partial charge is 0.128 e. The highest BCUT2D eigenvalue weighted by atomic mass is 16.5. The number of hydrogen-bond acceptors (Lipinski definition) is 5. The van der Waals surface area contributed by atoms with Gasteiger partial charge in [0.1, 0.15) is 40.3 Å². The van der Waals surface area contributed by atoms with Crippen molar-refractivity contribution < 1.29 is 24.8 Å². The van der Waals surface area contributed by atoms with Crippen molar-refractivity contribution in [3.8, 4) is 39.9 Å². The molecule has 5 nitrogen and oxygen atoms in total. The summed E-state index contributed by atoms with van der Waals surface area (Å²) in [4.78, 5) is 0. The molecule has 0 amide bonds. The Morgan fingerprint density at radius 1 is 0.561 bits per heavy atom. The minimum Gasteiger partial charge on any atom is -0.508 e. The van der Waals surface area contributed by atoms with E-state index in [2.05, 4.69) is 6.08 Å². The van der Waals surface area contributed by atoms with Gasteiger partial charge in [-0.15, -0.1) is 0 Å². The lowest BCUT2D eigenvalue weighted by molar-refractivity contribution is 0.406. The number of phenolic OH excluding ortho intramolecular Hbond substituents is 2. The van der Waals surface area contributed by atoms with Gasteiger partial charge in [-0.2, -0.15) is 0 Å². The van der Waals surface area contributed by atoms with Crippen LogP contribution >= 0.6 is 0 Å². The highest BCUT2D eigenvalue weighted by molar-refractivity contribution is 6.00. The van der Waals surface area contributed by atoms with Crippen molar-refractivity contribution in [1.82, 2.24) is 0 Å². The maximum atomic E-state index is 10.7. The molecule has 5 aromatic carbocycles. The summed E-state index contributed by atoms with van der Waals surface area (Å²) in [6, 6.07) is 28.0. The molecule has 200 valence electrons. The van der Waals surface area contributed by atoms with Crippen molar-refractivity contribution in [2.75, 3.05) is 0 Å². The van der Waals surface area contributed by atoms with Crippen LogP contribution in [0.25, 0.3) is 32.7 Å². The molecule has 0 heterocycles. The molecule has 0 saturated heterocycles. The van der Waals surface area contributed by atoms with Crippen LogP contribution in [-0.2, 0) is 0 Å². The van der Waals surface area contributed by atoms with Crippen molar-refractivity contribution in [2.45, 2.75) is 0 Å². The molecular weight excluding hydrogens is 512 g/mol. The lowest BCUT2D eigenvalue weighted by Crippen LogP contribution is -2.14. The number of aromatic hydroxyl groups is 2. The van der Waals surface area contributed by atoms with E-state index in [0.717, 1.165) is 32.9 Å². The van der Waals surface area contributed by atoms with Gasteiger partial charge in [-0.05, 0) is 106 Å². The summed E-state index contributed by atoms with van der Waals surface area (Å²) in [6.45, 7) is 0. The molecular formula is C36H26O5. The van der Waals surface area contributed by atoms with Gasteiger partial charge in [-0.3, -0.25) is 0 Å². The molecule has 41 heavy (non-hydrogen) atoms. The fraction of sp³-hybridized carbons (Fsp3) is 0.0556. The fourth-order valence-electron chi connectivity index (χ4n) is 5.49. The molecule has 5 heteroatoms. The van der Waals surface area contributed by atoms with Crippen LogP contribution in [0.5, 0.6) is 28.7 Å². The molecule has 2 unspecified atom stereocenters. The minimum absolute atomic E-state index is 0.0671. The van der Waals surface area contributed by atoms with Crippen LogP contribution in [0, 0.1) is 11.8 Å². The Balaban J connectivity index is 1.17. The first-order chi connectivity index (χ1) is 20.0. The second-order valence-corrected chi connectivity index (χ2v) is 10.3. The quantitative estimate of drug-likeness (QED) is 0.208. The van der Waals surface area contributed by atoms with E-state index < -0.39 is 0 Å². The van der Waals surface area contributed by atoms with Gasteiger partial charge < -0.3 is 24.8 Å². The zero-order chi connectivity index (χ0) is 27.9.